The number of unbranched alkanes of at least 4 members (excludes halogenated alkanes) is 5. The van der Waals surface area contributed by atoms with Gasteiger partial charge in [-0.25, -0.2) is 0 Å². The second-order valence-electron chi connectivity index (χ2n) is 4.92. The summed E-state index contributed by atoms with van der Waals surface area (Å²) in [5.74, 6) is 0.289. The second kappa shape index (κ2) is 11.9. The largest absolute Gasteiger partial charge is 0.356 e. The third kappa shape index (κ3) is 11.7. The van der Waals surface area contributed by atoms with Crippen molar-refractivity contribution in [2.45, 2.75) is 59.3 Å². The van der Waals surface area contributed by atoms with Crippen LogP contribution in [0.5, 0.6) is 0 Å². The van der Waals surface area contributed by atoms with Gasteiger partial charge in [0.25, 0.3) is 0 Å². The van der Waals surface area contributed by atoms with Gasteiger partial charge < -0.3 is 10.6 Å². The molecule has 0 atom stereocenters. The van der Waals surface area contributed by atoms with Crippen LogP contribution in [0.4, 0.5) is 0 Å². The first-order chi connectivity index (χ1) is 8.18. The third-order valence-corrected chi connectivity index (χ3v) is 2.85. The van der Waals surface area contributed by atoms with E-state index >= 15 is 0 Å². The highest BCUT2D eigenvalue weighted by Gasteiger charge is 2.04. The van der Waals surface area contributed by atoms with E-state index in [4.69, 9.17) is 0 Å². The van der Waals surface area contributed by atoms with E-state index in [-0.39, 0.29) is 11.8 Å². The normalized spacial score (nSPS) is 10.8. The monoisotopic (exact) mass is 242 g/mol. The molecule has 3 heteroatoms. The standard InChI is InChI=1S/C14H30N2O/c1-4-15-11-9-7-5-6-8-10-12-16-14(17)13(2)3/h13,15H,4-12H2,1-3H3,(H,16,17). The molecule has 0 aromatic carbocycles. The Balaban J connectivity index is 3.06. The molecule has 0 aromatic heterocycles. The third-order valence-electron chi connectivity index (χ3n) is 2.85. The molecule has 0 aliphatic heterocycles. The molecule has 0 saturated heterocycles. The van der Waals surface area contributed by atoms with Crippen molar-refractivity contribution in [3.63, 3.8) is 0 Å². The number of amides is 1. The van der Waals surface area contributed by atoms with Crippen LogP contribution in [0.1, 0.15) is 59.3 Å². The molecule has 0 bridgehead atoms. The molecule has 0 aromatic rings. The summed E-state index contributed by atoms with van der Waals surface area (Å²) < 4.78 is 0. The molecule has 0 unspecified atom stereocenters. The lowest BCUT2D eigenvalue weighted by Crippen LogP contribution is -2.28. The van der Waals surface area contributed by atoms with E-state index in [1.807, 2.05) is 13.8 Å². The lowest BCUT2D eigenvalue weighted by atomic mass is 10.1. The molecule has 1 amide bonds. The van der Waals surface area contributed by atoms with Gasteiger partial charge in [-0.3, -0.25) is 4.79 Å². The Hall–Kier alpha value is -0.570. The summed E-state index contributed by atoms with van der Waals surface area (Å²) in [5.41, 5.74) is 0. The van der Waals surface area contributed by atoms with Gasteiger partial charge in [-0.05, 0) is 25.9 Å². The summed E-state index contributed by atoms with van der Waals surface area (Å²) in [4.78, 5) is 11.3. The molecule has 17 heavy (non-hydrogen) atoms. The number of nitrogens with one attached hydrogen (secondary N) is 2. The topological polar surface area (TPSA) is 41.1 Å². The fourth-order valence-electron chi connectivity index (χ4n) is 1.67. The minimum absolute atomic E-state index is 0.112. The van der Waals surface area contributed by atoms with Gasteiger partial charge in [0.15, 0.2) is 0 Å². The Bertz CT molecular complexity index is 181. The molecular weight excluding hydrogens is 212 g/mol. The minimum atomic E-state index is 0.112. The minimum Gasteiger partial charge on any atom is -0.356 e. The molecule has 0 fully saturated rings. The molecule has 0 heterocycles. The maximum atomic E-state index is 11.3. The van der Waals surface area contributed by atoms with Gasteiger partial charge in [0.05, 0.1) is 0 Å². The molecule has 0 spiro atoms. The van der Waals surface area contributed by atoms with E-state index in [9.17, 15) is 4.79 Å². The second-order valence-corrected chi connectivity index (χ2v) is 4.92. The van der Waals surface area contributed by atoms with E-state index in [1.54, 1.807) is 0 Å². The fraction of sp³-hybridized carbons (Fsp3) is 0.929. The number of hydrogen-bond acceptors (Lipinski definition) is 2. The molecule has 0 rings (SSSR count). The predicted molar refractivity (Wildman–Crippen MR) is 74.1 cm³/mol. The van der Waals surface area contributed by atoms with Crippen LogP contribution in [-0.4, -0.2) is 25.5 Å². The quantitative estimate of drug-likeness (QED) is 0.547. The first-order valence-electron chi connectivity index (χ1n) is 7.17. The average molecular weight is 242 g/mol. The Morgan fingerprint density at radius 2 is 1.47 bits per heavy atom. The molecular formula is C14H30N2O. The molecule has 0 aliphatic carbocycles. The highest BCUT2D eigenvalue weighted by atomic mass is 16.1. The maximum Gasteiger partial charge on any atom is 0.222 e. The molecule has 2 N–H and O–H groups in total. The van der Waals surface area contributed by atoms with Gasteiger partial charge in [0.1, 0.15) is 0 Å². The van der Waals surface area contributed by atoms with Crippen LogP contribution in [0.15, 0.2) is 0 Å². The van der Waals surface area contributed by atoms with Crippen LogP contribution >= 0.6 is 0 Å². The van der Waals surface area contributed by atoms with E-state index in [0.717, 1.165) is 26.1 Å². The highest BCUT2D eigenvalue weighted by molar-refractivity contribution is 5.77. The zero-order chi connectivity index (χ0) is 12.9. The highest BCUT2D eigenvalue weighted by Crippen LogP contribution is 2.04. The van der Waals surface area contributed by atoms with Crippen molar-refractivity contribution >= 4 is 5.91 Å². The van der Waals surface area contributed by atoms with Crippen LogP contribution < -0.4 is 10.6 Å². The summed E-state index contributed by atoms with van der Waals surface area (Å²) >= 11 is 0. The summed E-state index contributed by atoms with van der Waals surface area (Å²) in [6, 6.07) is 0. The zero-order valence-electron chi connectivity index (χ0n) is 11.8. The van der Waals surface area contributed by atoms with E-state index in [0.29, 0.717) is 0 Å². The number of rotatable bonds is 11. The van der Waals surface area contributed by atoms with Crippen molar-refractivity contribution < 1.29 is 4.79 Å². The first kappa shape index (κ1) is 16.4. The number of carbonyl (C=O) groups is 1. The van der Waals surface area contributed by atoms with Gasteiger partial charge in [0.2, 0.25) is 5.91 Å². The lowest BCUT2D eigenvalue weighted by molar-refractivity contribution is -0.123. The van der Waals surface area contributed by atoms with Crippen LogP contribution in [-0.2, 0) is 4.79 Å². The molecule has 0 aliphatic rings. The van der Waals surface area contributed by atoms with Crippen molar-refractivity contribution in [1.82, 2.24) is 10.6 Å². The summed E-state index contributed by atoms with van der Waals surface area (Å²) in [5, 5.41) is 6.29. The number of carbonyl (C=O) groups excluding carboxylic acids is 1. The van der Waals surface area contributed by atoms with Crippen LogP contribution in [0.25, 0.3) is 0 Å². The summed E-state index contributed by atoms with van der Waals surface area (Å²) in [7, 11) is 0. The molecule has 102 valence electrons. The summed E-state index contributed by atoms with van der Waals surface area (Å²) in [6.07, 6.45) is 7.59. The van der Waals surface area contributed by atoms with Crippen molar-refractivity contribution in [1.29, 1.82) is 0 Å². The van der Waals surface area contributed by atoms with Crippen LogP contribution in [0.2, 0.25) is 0 Å². The van der Waals surface area contributed by atoms with Crippen molar-refractivity contribution in [3.05, 3.63) is 0 Å². The van der Waals surface area contributed by atoms with Gasteiger partial charge in [-0.15, -0.1) is 0 Å². The van der Waals surface area contributed by atoms with Gasteiger partial charge in [-0.2, -0.15) is 0 Å². The smallest absolute Gasteiger partial charge is 0.222 e. The van der Waals surface area contributed by atoms with Crippen LogP contribution in [0, 0.1) is 5.92 Å². The first-order valence-corrected chi connectivity index (χ1v) is 7.17. The molecule has 3 nitrogen and oxygen atoms in total. The Morgan fingerprint density at radius 3 is 2.00 bits per heavy atom. The molecule has 0 radical (unpaired) electrons. The van der Waals surface area contributed by atoms with E-state index < -0.39 is 0 Å². The Labute approximate surface area is 107 Å². The van der Waals surface area contributed by atoms with Crippen molar-refractivity contribution in [2.24, 2.45) is 5.92 Å². The Kier molecular flexibility index (Phi) is 11.5. The van der Waals surface area contributed by atoms with Crippen molar-refractivity contribution in [2.75, 3.05) is 19.6 Å². The summed E-state index contributed by atoms with van der Waals surface area (Å²) in [6.45, 7) is 9.08. The average Bonchev–Trinajstić information content (AvgIpc) is 2.31. The fourth-order valence-corrected chi connectivity index (χ4v) is 1.67. The maximum absolute atomic E-state index is 11.3. The lowest BCUT2D eigenvalue weighted by Gasteiger charge is -2.07. The number of hydrogen-bond donors (Lipinski definition) is 2. The molecule has 0 saturated carbocycles. The van der Waals surface area contributed by atoms with Crippen molar-refractivity contribution in [3.8, 4) is 0 Å². The zero-order valence-corrected chi connectivity index (χ0v) is 11.8. The SMILES string of the molecule is CCNCCCCCCCCNC(=O)C(C)C. The van der Waals surface area contributed by atoms with Crippen LogP contribution in [0.3, 0.4) is 0 Å². The van der Waals surface area contributed by atoms with Gasteiger partial charge in [0, 0.05) is 12.5 Å². The van der Waals surface area contributed by atoms with E-state index in [1.165, 1.54) is 32.1 Å². The predicted octanol–water partition coefficient (Wildman–Crippen LogP) is 2.71. The van der Waals surface area contributed by atoms with Gasteiger partial charge >= 0.3 is 0 Å². The van der Waals surface area contributed by atoms with E-state index in [2.05, 4.69) is 17.6 Å². The van der Waals surface area contributed by atoms with Gasteiger partial charge in [-0.1, -0.05) is 46.5 Å². The Morgan fingerprint density at radius 1 is 0.941 bits per heavy atom.